The van der Waals surface area contributed by atoms with Crippen LogP contribution >= 0.6 is 0 Å². The fourth-order valence-corrected chi connectivity index (χ4v) is 1.04. The van der Waals surface area contributed by atoms with Crippen LogP contribution in [0.5, 0.6) is 0 Å². The molecular weight excluding hydrogens is 263 g/mol. The standard InChI is InChI=1S/C9H17N2.HI/c1-9(2)4-5-11-7-6-10(3)8-11;/h6-9H,4-5H2,1-3H3;1H/q+1;/p-1. The largest absolute Gasteiger partial charge is 1.00 e. The van der Waals surface area contributed by atoms with Gasteiger partial charge in [-0.2, -0.15) is 0 Å². The zero-order chi connectivity index (χ0) is 8.27. The average Bonchev–Trinajstić information content (AvgIpc) is 2.31. The van der Waals surface area contributed by atoms with Crippen molar-refractivity contribution in [2.45, 2.75) is 26.8 Å². The summed E-state index contributed by atoms with van der Waals surface area (Å²) in [7, 11) is 2.05. The van der Waals surface area contributed by atoms with E-state index in [1.807, 2.05) is 7.05 Å². The van der Waals surface area contributed by atoms with Gasteiger partial charge in [0, 0.05) is 0 Å². The summed E-state index contributed by atoms with van der Waals surface area (Å²) in [5, 5.41) is 0. The Kier molecular flexibility index (Phi) is 5.53. The summed E-state index contributed by atoms with van der Waals surface area (Å²) in [6.07, 6.45) is 7.56. The molecule has 12 heavy (non-hydrogen) atoms. The molecule has 0 bridgehead atoms. The van der Waals surface area contributed by atoms with Gasteiger partial charge >= 0.3 is 0 Å². The Morgan fingerprint density at radius 3 is 2.50 bits per heavy atom. The van der Waals surface area contributed by atoms with Gasteiger partial charge in [0.15, 0.2) is 0 Å². The molecule has 0 aliphatic rings. The van der Waals surface area contributed by atoms with Crippen LogP contribution in [-0.4, -0.2) is 4.57 Å². The first-order valence-electron chi connectivity index (χ1n) is 4.19. The van der Waals surface area contributed by atoms with Crippen molar-refractivity contribution in [1.29, 1.82) is 0 Å². The molecule has 0 unspecified atom stereocenters. The smallest absolute Gasteiger partial charge is 0.243 e. The molecule has 0 aromatic carbocycles. The fourth-order valence-electron chi connectivity index (χ4n) is 1.04. The third-order valence-electron chi connectivity index (χ3n) is 1.79. The normalized spacial score (nSPS) is 10.0. The van der Waals surface area contributed by atoms with E-state index in [0.717, 1.165) is 12.5 Å². The third-order valence-corrected chi connectivity index (χ3v) is 1.79. The Bertz CT molecular complexity index is 218. The number of aryl methyl sites for hydroxylation is 2. The summed E-state index contributed by atoms with van der Waals surface area (Å²) in [4.78, 5) is 0. The second-order valence-corrected chi connectivity index (χ2v) is 3.50. The molecule has 1 aromatic rings. The molecular formula is C9H17IN2. The van der Waals surface area contributed by atoms with Crippen molar-refractivity contribution in [2.75, 3.05) is 0 Å². The number of rotatable bonds is 3. The number of hydrogen-bond acceptors (Lipinski definition) is 0. The number of imidazole rings is 1. The first kappa shape index (κ1) is 11.9. The van der Waals surface area contributed by atoms with Crippen LogP contribution in [0.3, 0.4) is 0 Å². The molecule has 1 rings (SSSR count). The topological polar surface area (TPSA) is 8.81 Å². The Morgan fingerprint density at radius 1 is 1.42 bits per heavy atom. The maximum absolute atomic E-state index is 2.25. The quantitative estimate of drug-likeness (QED) is 0.464. The Morgan fingerprint density at radius 2 is 2.08 bits per heavy atom. The summed E-state index contributed by atoms with van der Waals surface area (Å²) >= 11 is 0. The molecule has 0 saturated heterocycles. The second kappa shape index (κ2) is 5.56. The van der Waals surface area contributed by atoms with E-state index in [1.54, 1.807) is 0 Å². The zero-order valence-electron chi connectivity index (χ0n) is 8.00. The van der Waals surface area contributed by atoms with Gasteiger partial charge < -0.3 is 24.0 Å². The number of halogens is 1. The van der Waals surface area contributed by atoms with Gasteiger partial charge in [-0.1, -0.05) is 13.8 Å². The molecule has 0 aliphatic heterocycles. The molecule has 0 radical (unpaired) electrons. The van der Waals surface area contributed by atoms with E-state index in [9.17, 15) is 0 Å². The number of nitrogens with zero attached hydrogens (tertiary/aromatic N) is 2. The molecule has 3 heteroatoms. The summed E-state index contributed by atoms with van der Waals surface area (Å²) in [5.74, 6) is 0.794. The highest BCUT2D eigenvalue weighted by molar-refractivity contribution is 4.65. The van der Waals surface area contributed by atoms with Gasteiger partial charge in [-0.05, 0) is 12.3 Å². The van der Waals surface area contributed by atoms with Crippen LogP contribution in [0.25, 0.3) is 0 Å². The predicted molar refractivity (Wildman–Crippen MR) is 45.1 cm³/mol. The summed E-state index contributed by atoms with van der Waals surface area (Å²) < 4.78 is 4.29. The minimum Gasteiger partial charge on any atom is -1.00 e. The fraction of sp³-hybridized carbons (Fsp3) is 0.667. The monoisotopic (exact) mass is 280 g/mol. The second-order valence-electron chi connectivity index (χ2n) is 3.50. The van der Waals surface area contributed by atoms with Gasteiger partial charge in [-0.3, -0.25) is 0 Å². The minimum atomic E-state index is 0. The molecule has 0 N–H and O–H groups in total. The van der Waals surface area contributed by atoms with Crippen molar-refractivity contribution in [3.8, 4) is 0 Å². The zero-order valence-corrected chi connectivity index (χ0v) is 10.2. The van der Waals surface area contributed by atoms with Gasteiger partial charge in [0.25, 0.3) is 0 Å². The lowest BCUT2D eigenvalue weighted by molar-refractivity contribution is -0.671. The Labute approximate surface area is 91.6 Å². The van der Waals surface area contributed by atoms with E-state index in [1.165, 1.54) is 6.42 Å². The van der Waals surface area contributed by atoms with Crippen LogP contribution in [0, 0.1) is 5.92 Å². The van der Waals surface area contributed by atoms with Gasteiger partial charge in [0.2, 0.25) is 6.33 Å². The van der Waals surface area contributed by atoms with Gasteiger partial charge in [-0.15, -0.1) is 0 Å². The first-order valence-corrected chi connectivity index (χ1v) is 4.19. The number of aromatic nitrogens is 2. The molecule has 2 nitrogen and oxygen atoms in total. The van der Waals surface area contributed by atoms with E-state index in [-0.39, 0.29) is 24.0 Å². The predicted octanol–water partition coefficient (Wildman–Crippen LogP) is -1.64. The van der Waals surface area contributed by atoms with Crippen LogP contribution in [-0.2, 0) is 13.6 Å². The molecule has 1 heterocycles. The number of hydrogen-bond donors (Lipinski definition) is 0. The van der Waals surface area contributed by atoms with Crippen molar-refractivity contribution in [2.24, 2.45) is 13.0 Å². The van der Waals surface area contributed by atoms with Gasteiger partial charge in [0.1, 0.15) is 12.4 Å². The van der Waals surface area contributed by atoms with E-state index in [2.05, 4.69) is 41.7 Å². The maximum Gasteiger partial charge on any atom is 0.243 e. The third kappa shape index (κ3) is 4.09. The lowest BCUT2D eigenvalue weighted by Crippen LogP contribution is -3.00. The first-order chi connectivity index (χ1) is 5.18. The summed E-state index contributed by atoms with van der Waals surface area (Å²) in [6, 6.07) is 0. The van der Waals surface area contributed by atoms with E-state index in [0.29, 0.717) is 0 Å². The lowest BCUT2D eigenvalue weighted by atomic mass is 10.1. The van der Waals surface area contributed by atoms with Crippen LogP contribution in [0.2, 0.25) is 0 Å². The van der Waals surface area contributed by atoms with Crippen LogP contribution in [0.15, 0.2) is 18.7 Å². The van der Waals surface area contributed by atoms with Crippen molar-refractivity contribution >= 4 is 0 Å². The SMILES string of the molecule is CC(C)CCn1cc[n+](C)c1.[I-]. The van der Waals surface area contributed by atoms with E-state index in [4.69, 9.17) is 0 Å². The average molecular weight is 280 g/mol. The van der Waals surface area contributed by atoms with E-state index >= 15 is 0 Å². The highest BCUT2D eigenvalue weighted by atomic mass is 127. The highest BCUT2D eigenvalue weighted by Crippen LogP contribution is 2.00. The van der Waals surface area contributed by atoms with Crippen molar-refractivity contribution in [3.63, 3.8) is 0 Å². The molecule has 0 fully saturated rings. The van der Waals surface area contributed by atoms with Gasteiger partial charge in [-0.25, -0.2) is 9.13 Å². The summed E-state index contributed by atoms with van der Waals surface area (Å²) in [5.41, 5.74) is 0. The Balaban J connectivity index is 0.00000121. The molecule has 70 valence electrons. The molecule has 0 atom stereocenters. The van der Waals surface area contributed by atoms with Crippen molar-refractivity contribution < 1.29 is 28.5 Å². The molecule has 0 amide bonds. The van der Waals surface area contributed by atoms with Crippen molar-refractivity contribution in [3.05, 3.63) is 18.7 Å². The summed E-state index contributed by atoms with van der Waals surface area (Å²) in [6.45, 7) is 5.64. The van der Waals surface area contributed by atoms with Crippen LogP contribution in [0.4, 0.5) is 0 Å². The minimum absolute atomic E-state index is 0. The Hall–Kier alpha value is -0.0600. The van der Waals surface area contributed by atoms with Crippen LogP contribution < -0.4 is 28.5 Å². The molecule has 1 aromatic heterocycles. The van der Waals surface area contributed by atoms with Crippen LogP contribution in [0.1, 0.15) is 20.3 Å². The van der Waals surface area contributed by atoms with Crippen molar-refractivity contribution in [1.82, 2.24) is 4.57 Å². The maximum atomic E-state index is 2.25. The molecule has 0 aliphatic carbocycles. The molecule has 0 saturated carbocycles. The lowest BCUT2D eigenvalue weighted by Gasteiger charge is -1.99. The highest BCUT2D eigenvalue weighted by Gasteiger charge is 2.00. The van der Waals surface area contributed by atoms with E-state index < -0.39 is 0 Å². The molecule has 0 spiro atoms. The van der Waals surface area contributed by atoms with Gasteiger partial charge in [0.05, 0.1) is 13.6 Å².